The fourth-order valence-electron chi connectivity index (χ4n) is 9.27. The maximum atomic E-state index is 11.7. The Morgan fingerprint density at radius 1 is 0.917 bits per heavy atom. The van der Waals surface area contributed by atoms with Gasteiger partial charge in [0.2, 0.25) is 20.8 Å². The van der Waals surface area contributed by atoms with E-state index >= 15 is 0 Å². The number of carboxylic acids is 1. The molecule has 0 unspecified atom stereocenters. The molecule has 0 bridgehead atoms. The van der Waals surface area contributed by atoms with Crippen molar-refractivity contribution in [3.8, 4) is 0 Å². The largest absolute Gasteiger partial charge is 0.726 e. The van der Waals surface area contributed by atoms with Crippen LogP contribution in [0.2, 0.25) is 0 Å². The Hall–Kier alpha value is -0.790. The number of carboxylic acid groups (broad SMARTS) is 1. The third-order valence-electron chi connectivity index (χ3n) is 10.7. The van der Waals surface area contributed by atoms with Crippen molar-refractivity contribution in [1.29, 1.82) is 0 Å². The van der Waals surface area contributed by atoms with Crippen LogP contribution in [-0.4, -0.2) is 49.2 Å². The van der Waals surface area contributed by atoms with Gasteiger partial charge in [0.15, 0.2) is 0 Å². The lowest BCUT2D eigenvalue weighted by molar-refractivity contribution is -0.164. The maximum Gasteiger partial charge on any atom is 0.303 e. The van der Waals surface area contributed by atoms with Gasteiger partial charge in [-0.15, -0.1) is 0 Å². The third kappa shape index (κ3) is 5.49. The molecule has 0 heterocycles. The standard InChI is InChI=1S/C24H40O10S2/c1-14(4-7-22(25)26)17-5-6-18-16-13-21(34-36(30,31)32)20-12-15(33-35(27,28)29)8-10-24(20,3)19(16)9-11-23(17,18)2/h14-21H,4-13H2,1-3H3,(H,25,26)(H,27,28,29)(H,30,31,32)/p-2/t14-,15-,16+,17-,18+,19+,20+,21+,23-,24-/m1/s1. The summed E-state index contributed by atoms with van der Waals surface area (Å²) in [4.78, 5) is 11.1. The van der Waals surface area contributed by atoms with Gasteiger partial charge < -0.3 is 14.2 Å². The molecule has 0 aromatic heterocycles. The average molecular weight is 551 g/mol. The lowest BCUT2D eigenvalue weighted by Crippen LogP contribution is -2.59. The van der Waals surface area contributed by atoms with Gasteiger partial charge in [0.25, 0.3) is 0 Å². The second-order valence-corrected chi connectivity index (χ2v) is 14.3. The highest BCUT2D eigenvalue weighted by Crippen LogP contribution is 2.68. The molecule has 4 saturated carbocycles. The van der Waals surface area contributed by atoms with Crippen molar-refractivity contribution >= 4 is 26.8 Å². The van der Waals surface area contributed by atoms with Gasteiger partial charge in [-0.3, -0.25) is 13.2 Å². The van der Waals surface area contributed by atoms with Crippen LogP contribution >= 0.6 is 0 Å². The van der Waals surface area contributed by atoms with Crippen molar-refractivity contribution in [2.75, 3.05) is 0 Å². The number of hydrogen-bond acceptors (Lipinski definition) is 9. The summed E-state index contributed by atoms with van der Waals surface area (Å²) < 4.78 is 78.6. The van der Waals surface area contributed by atoms with Crippen molar-refractivity contribution in [3.63, 3.8) is 0 Å². The molecular weight excluding hydrogens is 512 g/mol. The second kappa shape index (κ2) is 9.75. The molecule has 0 aliphatic heterocycles. The summed E-state index contributed by atoms with van der Waals surface area (Å²) >= 11 is 0. The zero-order chi connectivity index (χ0) is 26.7. The van der Waals surface area contributed by atoms with E-state index in [0.717, 1.165) is 25.7 Å². The van der Waals surface area contributed by atoms with Crippen LogP contribution in [0.15, 0.2) is 0 Å². The minimum Gasteiger partial charge on any atom is -0.726 e. The van der Waals surface area contributed by atoms with E-state index in [9.17, 15) is 30.7 Å². The molecular formula is C24H38O10S2-2. The molecule has 0 amide bonds. The molecule has 4 aliphatic rings. The van der Waals surface area contributed by atoms with Crippen molar-refractivity contribution < 1.29 is 44.2 Å². The summed E-state index contributed by atoms with van der Waals surface area (Å²) in [6.07, 6.45) is 4.35. The molecule has 208 valence electrons. The van der Waals surface area contributed by atoms with Gasteiger partial charge >= 0.3 is 5.97 Å². The van der Waals surface area contributed by atoms with Crippen molar-refractivity contribution in [1.82, 2.24) is 0 Å². The number of fused-ring (bicyclic) bond motifs is 5. The van der Waals surface area contributed by atoms with E-state index < -0.39 is 44.9 Å². The van der Waals surface area contributed by atoms with Crippen molar-refractivity contribution in [2.45, 2.75) is 97.2 Å². The summed E-state index contributed by atoms with van der Waals surface area (Å²) in [6.45, 7) is 6.52. The zero-order valence-electron chi connectivity index (χ0n) is 21.1. The summed E-state index contributed by atoms with van der Waals surface area (Å²) in [5, 5.41) is 9.15. The minimum atomic E-state index is -4.99. The maximum absolute atomic E-state index is 11.7. The zero-order valence-corrected chi connectivity index (χ0v) is 22.8. The predicted molar refractivity (Wildman–Crippen MR) is 126 cm³/mol. The van der Waals surface area contributed by atoms with Crippen LogP contribution in [0.25, 0.3) is 0 Å². The number of carbonyl (C=O) groups is 1. The fraction of sp³-hybridized carbons (Fsp3) is 0.958. The lowest BCUT2D eigenvalue weighted by Gasteiger charge is -2.63. The molecule has 1 N–H and O–H groups in total. The smallest absolute Gasteiger partial charge is 0.303 e. The van der Waals surface area contributed by atoms with E-state index in [1.807, 2.05) is 0 Å². The molecule has 0 radical (unpaired) electrons. The first-order valence-electron chi connectivity index (χ1n) is 13.0. The molecule has 4 aliphatic carbocycles. The van der Waals surface area contributed by atoms with E-state index in [2.05, 4.69) is 20.8 Å². The topological polar surface area (TPSA) is 170 Å². The molecule has 10 nitrogen and oxygen atoms in total. The molecule has 4 rings (SSSR count). The predicted octanol–water partition coefficient (Wildman–Crippen LogP) is 3.45. The van der Waals surface area contributed by atoms with Crippen LogP contribution in [0.1, 0.15) is 85.0 Å². The van der Waals surface area contributed by atoms with Gasteiger partial charge in [0.1, 0.15) is 0 Å². The Morgan fingerprint density at radius 2 is 1.53 bits per heavy atom. The summed E-state index contributed by atoms with van der Waals surface area (Å²) in [5.41, 5.74) is -0.376. The number of aliphatic carboxylic acids is 1. The Bertz CT molecular complexity index is 1060. The average Bonchev–Trinajstić information content (AvgIpc) is 3.08. The van der Waals surface area contributed by atoms with E-state index in [4.69, 9.17) is 13.5 Å². The van der Waals surface area contributed by atoms with Gasteiger partial charge in [0, 0.05) is 6.42 Å². The van der Waals surface area contributed by atoms with Crippen LogP contribution in [-0.2, 0) is 34.0 Å². The Balaban J connectivity index is 1.61. The van der Waals surface area contributed by atoms with E-state index in [1.165, 1.54) is 0 Å². The van der Waals surface area contributed by atoms with E-state index in [0.29, 0.717) is 37.5 Å². The minimum absolute atomic E-state index is 0.000121. The number of rotatable bonds is 8. The highest BCUT2D eigenvalue weighted by Gasteiger charge is 2.63. The van der Waals surface area contributed by atoms with Gasteiger partial charge in [-0.05, 0) is 104 Å². The number of hydrogen-bond donors (Lipinski definition) is 1. The highest BCUT2D eigenvalue weighted by molar-refractivity contribution is 7.81. The quantitative estimate of drug-likeness (QED) is 0.349. The van der Waals surface area contributed by atoms with Gasteiger partial charge in [-0.2, -0.15) is 0 Å². The second-order valence-electron chi connectivity index (χ2n) is 12.3. The molecule has 0 aromatic carbocycles. The van der Waals surface area contributed by atoms with Crippen molar-refractivity contribution in [2.24, 2.45) is 46.3 Å². The van der Waals surface area contributed by atoms with E-state index in [1.54, 1.807) is 0 Å². The van der Waals surface area contributed by atoms with Crippen LogP contribution in [0.5, 0.6) is 0 Å². The van der Waals surface area contributed by atoms with Gasteiger partial charge in [0.05, 0.1) is 12.2 Å². The molecule has 0 saturated heterocycles. The first-order chi connectivity index (χ1) is 16.5. The Morgan fingerprint density at radius 3 is 2.14 bits per heavy atom. The molecule has 0 aromatic rings. The van der Waals surface area contributed by atoms with E-state index in [-0.39, 0.29) is 41.4 Å². The normalized spacial score (nSPS) is 43.8. The Labute approximate surface area is 214 Å². The molecule has 4 fully saturated rings. The van der Waals surface area contributed by atoms with Gasteiger partial charge in [-0.1, -0.05) is 20.8 Å². The van der Waals surface area contributed by atoms with Crippen LogP contribution in [0.3, 0.4) is 0 Å². The summed E-state index contributed by atoms with van der Waals surface area (Å²) in [7, 11) is -9.90. The Kier molecular flexibility index (Phi) is 7.64. The SMILES string of the molecule is C[C@H](CCC(=O)O)[C@H]1CC[C@H]2[C@@H]3C[C@H](OS(=O)(=O)[O-])[C@@H]4C[C@H](OS(=O)(=O)[O-])CC[C@]4(C)[C@H]3CC[C@]12C. The molecule has 36 heavy (non-hydrogen) atoms. The summed E-state index contributed by atoms with van der Waals surface area (Å²) in [6, 6.07) is 0. The fourth-order valence-corrected chi connectivity index (χ4v) is 10.3. The first-order valence-corrected chi connectivity index (χ1v) is 15.7. The lowest BCUT2D eigenvalue weighted by atomic mass is 9.43. The molecule has 0 spiro atoms. The van der Waals surface area contributed by atoms with Crippen LogP contribution in [0.4, 0.5) is 0 Å². The van der Waals surface area contributed by atoms with Crippen molar-refractivity contribution in [3.05, 3.63) is 0 Å². The molecule has 12 heteroatoms. The van der Waals surface area contributed by atoms with Gasteiger partial charge in [-0.25, -0.2) is 16.8 Å². The van der Waals surface area contributed by atoms with Crippen LogP contribution in [0, 0.1) is 46.3 Å². The molecule has 10 atom stereocenters. The van der Waals surface area contributed by atoms with Crippen LogP contribution < -0.4 is 0 Å². The monoisotopic (exact) mass is 550 g/mol. The summed E-state index contributed by atoms with van der Waals surface area (Å²) in [5.74, 6) is 0.140. The highest BCUT2D eigenvalue weighted by atomic mass is 32.3. The third-order valence-corrected chi connectivity index (χ3v) is 11.7. The first kappa shape index (κ1) is 28.2.